The Morgan fingerprint density at radius 2 is 2.00 bits per heavy atom. The third-order valence-electron chi connectivity index (χ3n) is 2.40. The fourth-order valence-electron chi connectivity index (χ4n) is 1.71. The molecule has 0 unspecified atom stereocenters. The Balaban J connectivity index is 3.06. The fourth-order valence-corrected chi connectivity index (χ4v) is 2.62. The zero-order chi connectivity index (χ0) is 15.5. The summed E-state index contributed by atoms with van der Waals surface area (Å²) in [6, 6.07) is 5.02. The highest BCUT2D eigenvalue weighted by atomic mass is 127. The molecule has 1 rings (SSSR count). The van der Waals surface area contributed by atoms with E-state index in [1.807, 2.05) is 22.6 Å². The van der Waals surface area contributed by atoms with Crippen LogP contribution in [-0.4, -0.2) is 30.1 Å². The predicted molar refractivity (Wildman–Crippen MR) is 83.7 cm³/mol. The largest absolute Gasteiger partial charge is 0.406 e. The number of amides is 1. The summed E-state index contributed by atoms with van der Waals surface area (Å²) in [7, 11) is 0. The molecule has 0 bridgehead atoms. The van der Waals surface area contributed by atoms with E-state index in [4.69, 9.17) is 0 Å². The first-order valence-corrected chi connectivity index (χ1v) is 7.78. The van der Waals surface area contributed by atoms with E-state index < -0.39 is 18.6 Å². The Labute approximate surface area is 138 Å². The molecule has 0 N–H and O–H groups in total. The van der Waals surface area contributed by atoms with E-state index in [0.717, 1.165) is 8.47 Å². The van der Waals surface area contributed by atoms with Gasteiger partial charge in [-0.3, -0.25) is 4.79 Å². The van der Waals surface area contributed by atoms with Crippen LogP contribution in [0.4, 0.5) is 13.2 Å². The van der Waals surface area contributed by atoms with Crippen molar-refractivity contribution in [2.45, 2.75) is 20.0 Å². The fraction of sp³-hybridized carbons (Fsp3) is 0.462. The van der Waals surface area contributed by atoms with Gasteiger partial charge in [-0.1, -0.05) is 13.8 Å². The second-order valence-corrected chi connectivity index (χ2v) is 6.92. The first-order chi connectivity index (χ1) is 9.10. The standard InChI is InChI=1S/C13H14BrF3INO/c1-8(2)6-19(7-13(15,16)17)12(20)10-5-9(18)3-4-11(10)14/h3-5,8H,6-7H2,1-2H3. The van der Waals surface area contributed by atoms with E-state index in [0.29, 0.717) is 4.47 Å². The lowest BCUT2D eigenvalue weighted by molar-refractivity contribution is -0.141. The van der Waals surface area contributed by atoms with Gasteiger partial charge in [-0.15, -0.1) is 0 Å². The molecule has 1 amide bonds. The van der Waals surface area contributed by atoms with Gasteiger partial charge in [-0.05, 0) is 62.6 Å². The third kappa shape index (κ3) is 5.59. The summed E-state index contributed by atoms with van der Waals surface area (Å²) < 4.78 is 39.1. The van der Waals surface area contributed by atoms with Gasteiger partial charge < -0.3 is 4.90 Å². The summed E-state index contributed by atoms with van der Waals surface area (Å²) in [5.74, 6) is -0.649. The van der Waals surface area contributed by atoms with Crippen molar-refractivity contribution in [2.75, 3.05) is 13.1 Å². The molecular weight excluding hydrogens is 450 g/mol. The van der Waals surface area contributed by atoms with Crippen LogP contribution < -0.4 is 0 Å². The summed E-state index contributed by atoms with van der Waals surface area (Å²) in [4.78, 5) is 13.2. The molecule has 0 aliphatic carbocycles. The second-order valence-electron chi connectivity index (χ2n) is 4.82. The molecule has 0 saturated carbocycles. The number of halogens is 5. The van der Waals surface area contributed by atoms with Gasteiger partial charge in [0.2, 0.25) is 0 Å². The molecule has 0 radical (unpaired) electrons. The van der Waals surface area contributed by atoms with Gasteiger partial charge >= 0.3 is 6.18 Å². The molecule has 0 heterocycles. The first-order valence-electron chi connectivity index (χ1n) is 5.91. The number of hydrogen-bond acceptors (Lipinski definition) is 1. The number of carbonyl (C=O) groups is 1. The molecule has 0 aliphatic heterocycles. The summed E-state index contributed by atoms with van der Waals surface area (Å²) in [5, 5.41) is 0. The summed E-state index contributed by atoms with van der Waals surface area (Å²) in [6.45, 7) is 2.39. The number of alkyl halides is 3. The predicted octanol–water partition coefficient (Wildman–Crippen LogP) is 4.71. The Kier molecular flexibility index (Phi) is 6.30. The SMILES string of the molecule is CC(C)CN(CC(F)(F)F)C(=O)c1cc(I)ccc1Br. The molecular formula is C13H14BrF3INO. The van der Waals surface area contributed by atoms with Gasteiger partial charge in [-0.2, -0.15) is 13.2 Å². The quantitative estimate of drug-likeness (QED) is 0.592. The summed E-state index contributed by atoms with van der Waals surface area (Å²) >= 11 is 5.23. The summed E-state index contributed by atoms with van der Waals surface area (Å²) in [5.41, 5.74) is 0.252. The lowest BCUT2D eigenvalue weighted by Crippen LogP contribution is -2.41. The molecule has 0 spiro atoms. The Bertz CT molecular complexity index is 491. The van der Waals surface area contributed by atoms with Crippen molar-refractivity contribution in [3.63, 3.8) is 0 Å². The lowest BCUT2D eigenvalue weighted by Gasteiger charge is -2.26. The smallest absolute Gasteiger partial charge is 0.329 e. The first kappa shape index (κ1) is 17.7. The van der Waals surface area contributed by atoms with Crippen molar-refractivity contribution < 1.29 is 18.0 Å². The third-order valence-corrected chi connectivity index (χ3v) is 3.76. The number of carbonyl (C=O) groups excluding carboxylic acids is 1. The van der Waals surface area contributed by atoms with Crippen LogP contribution in [0.3, 0.4) is 0 Å². The molecule has 7 heteroatoms. The summed E-state index contributed by atoms with van der Waals surface area (Å²) in [6.07, 6.45) is -4.40. The zero-order valence-corrected chi connectivity index (χ0v) is 14.7. The van der Waals surface area contributed by atoms with Crippen LogP contribution in [0.2, 0.25) is 0 Å². The van der Waals surface area contributed by atoms with Gasteiger partial charge in [0.25, 0.3) is 5.91 Å². The molecule has 20 heavy (non-hydrogen) atoms. The maximum absolute atomic E-state index is 12.6. The minimum Gasteiger partial charge on any atom is -0.329 e. The molecule has 0 aliphatic rings. The maximum atomic E-state index is 12.6. The molecule has 0 fully saturated rings. The van der Waals surface area contributed by atoms with Crippen LogP contribution in [0.5, 0.6) is 0 Å². The van der Waals surface area contributed by atoms with Crippen LogP contribution in [0.15, 0.2) is 22.7 Å². The molecule has 112 valence electrons. The van der Waals surface area contributed by atoms with Crippen molar-refractivity contribution in [1.29, 1.82) is 0 Å². The number of benzene rings is 1. The average Bonchev–Trinajstić information content (AvgIpc) is 2.28. The highest BCUT2D eigenvalue weighted by molar-refractivity contribution is 14.1. The second kappa shape index (κ2) is 7.11. The van der Waals surface area contributed by atoms with E-state index in [2.05, 4.69) is 15.9 Å². The normalized spacial score (nSPS) is 11.8. The lowest BCUT2D eigenvalue weighted by atomic mass is 10.1. The average molecular weight is 464 g/mol. The van der Waals surface area contributed by atoms with Crippen molar-refractivity contribution in [2.24, 2.45) is 5.92 Å². The molecule has 0 aromatic heterocycles. The Morgan fingerprint density at radius 1 is 1.40 bits per heavy atom. The van der Waals surface area contributed by atoms with Gasteiger partial charge in [0, 0.05) is 14.6 Å². The monoisotopic (exact) mass is 463 g/mol. The van der Waals surface area contributed by atoms with Gasteiger partial charge in [0.15, 0.2) is 0 Å². The topological polar surface area (TPSA) is 20.3 Å². The minimum atomic E-state index is -4.40. The van der Waals surface area contributed by atoms with E-state index >= 15 is 0 Å². The number of hydrogen-bond donors (Lipinski definition) is 0. The highest BCUT2D eigenvalue weighted by Gasteiger charge is 2.34. The minimum absolute atomic E-state index is 0.0390. The molecule has 0 atom stereocenters. The Hall–Kier alpha value is -0.310. The van der Waals surface area contributed by atoms with Crippen molar-refractivity contribution in [3.8, 4) is 0 Å². The zero-order valence-electron chi connectivity index (χ0n) is 11.0. The molecule has 0 saturated heterocycles. The van der Waals surface area contributed by atoms with E-state index in [-0.39, 0.29) is 18.0 Å². The van der Waals surface area contributed by atoms with Crippen molar-refractivity contribution in [3.05, 3.63) is 31.8 Å². The molecule has 1 aromatic carbocycles. The molecule has 2 nitrogen and oxygen atoms in total. The van der Waals surface area contributed by atoms with Crippen molar-refractivity contribution >= 4 is 44.4 Å². The van der Waals surface area contributed by atoms with E-state index in [1.165, 1.54) is 0 Å². The van der Waals surface area contributed by atoms with E-state index in [9.17, 15) is 18.0 Å². The Morgan fingerprint density at radius 3 is 2.50 bits per heavy atom. The van der Waals surface area contributed by atoms with Crippen LogP contribution in [0, 0.1) is 9.49 Å². The van der Waals surface area contributed by atoms with Crippen LogP contribution in [0.25, 0.3) is 0 Å². The van der Waals surface area contributed by atoms with Gasteiger partial charge in [0.05, 0.1) is 5.56 Å². The highest BCUT2D eigenvalue weighted by Crippen LogP contribution is 2.24. The number of rotatable bonds is 4. The van der Waals surface area contributed by atoms with Crippen LogP contribution in [-0.2, 0) is 0 Å². The van der Waals surface area contributed by atoms with E-state index in [1.54, 1.807) is 32.0 Å². The molecule has 1 aromatic rings. The van der Waals surface area contributed by atoms with Gasteiger partial charge in [-0.25, -0.2) is 0 Å². The van der Waals surface area contributed by atoms with Crippen LogP contribution in [0.1, 0.15) is 24.2 Å². The maximum Gasteiger partial charge on any atom is 0.406 e. The number of nitrogens with zero attached hydrogens (tertiary/aromatic N) is 1. The van der Waals surface area contributed by atoms with Gasteiger partial charge in [0.1, 0.15) is 6.54 Å². The van der Waals surface area contributed by atoms with Crippen LogP contribution >= 0.6 is 38.5 Å². The van der Waals surface area contributed by atoms with Crippen molar-refractivity contribution in [1.82, 2.24) is 4.90 Å².